The monoisotopic (exact) mass is 163 g/mol. The second-order valence-corrected chi connectivity index (χ2v) is 3.17. The highest BCUT2D eigenvalue weighted by molar-refractivity contribution is 5.73. The third-order valence-corrected chi connectivity index (χ3v) is 2.25. The first-order valence-electron chi connectivity index (χ1n) is 4.19. The number of nitrogen functional groups attached to an aromatic ring is 2. The van der Waals surface area contributed by atoms with E-state index >= 15 is 0 Å². The van der Waals surface area contributed by atoms with Crippen LogP contribution < -0.4 is 16.8 Å². The Labute approximate surface area is 71.8 Å². The molecule has 1 aromatic carbocycles. The SMILES string of the molecule is Nc1cc2c(cc1N)NCCC2. The van der Waals surface area contributed by atoms with Gasteiger partial charge < -0.3 is 16.8 Å². The molecule has 1 aliphatic rings. The first kappa shape index (κ1) is 7.28. The van der Waals surface area contributed by atoms with Gasteiger partial charge in [-0.05, 0) is 30.5 Å². The van der Waals surface area contributed by atoms with Gasteiger partial charge in [-0.15, -0.1) is 0 Å². The van der Waals surface area contributed by atoms with Crippen LogP contribution in [0.1, 0.15) is 12.0 Å². The van der Waals surface area contributed by atoms with Gasteiger partial charge in [-0.3, -0.25) is 0 Å². The molecule has 1 heterocycles. The summed E-state index contributed by atoms with van der Waals surface area (Å²) in [4.78, 5) is 0. The molecule has 0 aliphatic carbocycles. The maximum absolute atomic E-state index is 5.69. The zero-order valence-electron chi connectivity index (χ0n) is 6.93. The van der Waals surface area contributed by atoms with E-state index in [9.17, 15) is 0 Å². The molecule has 3 heteroatoms. The van der Waals surface area contributed by atoms with Crippen molar-refractivity contribution in [1.29, 1.82) is 0 Å². The van der Waals surface area contributed by atoms with Crippen LogP contribution in [0.5, 0.6) is 0 Å². The van der Waals surface area contributed by atoms with Crippen LogP contribution in [0.15, 0.2) is 12.1 Å². The van der Waals surface area contributed by atoms with Gasteiger partial charge >= 0.3 is 0 Å². The van der Waals surface area contributed by atoms with Crippen molar-refractivity contribution in [2.24, 2.45) is 0 Å². The Morgan fingerprint density at radius 1 is 1.17 bits per heavy atom. The Hall–Kier alpha value is -1.38. The molecular weight excluding hydrogens is 150 g/mol. The Morgan fingerprint density at radius 2 is 1.92 bits per heavy atom. The van der Waals surface area contributed by atoms with Gasteiger partial charge in [0.2, 0.25) is 0 Å². The zero-order valence-corrected chi connectivity index (χ0v) is 6.93. The standard InChI is InChI=1S/C9H13N3/c10-7-4-6-2-1-3-12-9(6)5-8(7)11/h4-5,12H,1-3,10-11H2. The second kappa shape index (κ2) is 2.59. The van der Waals surface area contributed by atoms with Crippen LogP contribution in [0.2, 0.25) is 0 Å². The molecule has 3 nitrogen and oxygen atoms in total. The fraction of sp³-hybridized carbons (Fsp3) is 0.333. The molecule has 5 N–H and O–H groups in total. The maximum Gasteiger partial charge on any atom is 0.0568 e. The third kappa shape index (κ3) is 1.07. The summed E-state index contributed by atoms with van der Waals surface area (Å²) in [5.41, 5.74) is 15.2. The van der Waals surface area contributed by atoms with Gasteiger partial charge in [0.05, 0.1) is 11.4 Å². The summed E-state index contributed by atoms with van der Waals surface area (Å²) >= 11 is 0. The zero-order chi connectivity index (χ0) is 8.55. The third-order valence-electron chi connectivity index (χ3n) is 2.25. The lowest BCUT2D eigenvalue weighted by Gasteiger charge is -2.18. The topological polar surface area (TPSA) is 64.1 Å². The molecule has 0 atom stereocenters. The summed E-state index contributed by atoms with van der Waals surface area (Å²) in [6.45, 7) is 1.04. The van der Waals surface area contributed by atoms with Crippen LogP contribution in [0, 0.1) is 0 Å². The van der Waals surface area contributed by atoms with Crippen molar-refractivity contribution in [3.8, 4) is 0 Å². The molecule has 2 rings (SSSR count). The van der Waals surface area contributed by atoms with Crippen molar-refractivity contribution in [3.63, 3.8) is 0 Å². The van der Waals surface area contributed by atoms with Gasteiger partial charge in [-0.25, -0.2) is 0 Å². The Balaban J connectivity index is 2.49. The fourth-order valence-electron chi connectivity index (χ4n) is 1.55. The summed E-state index contributed by atoms with van der Waals surface area (Å²) in [5.74, 6) is 0. The minimum atomic E-state index is 0.670. The van der Waals surface area contributed by atoms with E-state index in [0.29, 0.717) is 11.4 Å². The molecule has 0 saturated heterocycles. The van der Waals surface area contributed by atoms with Gasteiger partial charge in [0.1, 0.15) is 0 Å². The van der Waals surface area contributed by atoms with E-state index in [0.717, 1.165) is 18.7 Å². The highest BCUT2D eigenvalue weighted by Gasteiger charge is 2.09. The number of rotatable bonds is 0. The van der Waals surface area contributed by atoms with E-state index in [2.05, 4.69) is 5.32 Å². The number of nitrogens with two attached hydrogens (primary N) is 2. The van der Waals surface area contributed by atoms with Crippen molar-refractivity contribution in [2.75, 3.05) is 23.3 Å². The lowest BCUT2D eigenvalue weighted by atomic mass is 10.0. The summed E-state index contributed by atoms with van der Waals surface area (Å²) < 4.78 is 0. The van der Waals surface area contributed by atoms with Gasteiger partial charge in [0.15, 0.2) is 0 Å². The highest BCUT2D eigenvalue weighted by atomic mass is 14.9. The number of anilines is 3. The molecule has 12 heavy (non-hydrogen) atoms. The van der Waals surface area contributed by atoms with Crippen molar-refractivity contribution < 1.29 is 0 Å². The van der Waals surface area contributed by atoms with Crippen molar-refractivity contribution in [1.82, 2.24) is 0 Å². The van der Waals surface area contributed by atoms with E-state index in [1.807, 2.05) is 12.1 Å². The summed E-state index contributed by atoms with van der Waals surface area (Å²) in [5, 5.41) is 3.30. The minimum Gasteiger partial charge on any atom is -0.397 e. The quantitative estimate of drug-likeness (QED) is 0.504. The molecule has 1 aromatic rings. The maximum atomic E-state index is 5.69. The smallest absolute Gasteiger partial charge is 0.0568 e. The normalized spacial score (nSPS) is 15.0. The number of nitrogens with one attached hydrogen (secondary N) is 1. The van der Waals surface area contributed by atoms with Crippen molar-refractivity contribution in [2.45, 2.75) is 12.8 Å². The predicted octanol–water partition coefficient (Wildman–Crippen LogP) is 1.21. The summed E-state index contributed by atoms with van der Waals surface area (Å²) in [6, 6.07) is 3.89. The lowest BCUT2D eigenvalue weighted by molar-refractivity contribution is 0.831. The van der Waals surface area contributed by atoms with Gasteiger partial charge in [0, 0.05) is 12.2 Å². The molecule has 0 fully saturated rings. The molecule has 0 amide bonds. The van der Waals surface area contributed by atoms with Crippen LogP contribution in [0.25, 0.3) is 0 Å². The first-order valence-corrected chi connectivity index (χ1v) is 4.19. The van der Waals surface area contributed by atoms with E-state index in [1.54, 1.807) is 0 Å². The van der Waals surface area contributed by atoms with Crippen LogP contribution >= 0.6 is 0 Å². The molecule has 0 spiro atoms. The van der Waals surface area contributed by atoms with E-state index in [1.165, 1.54) is 12.0 Å². The van der Waals surface area contributed by atoms with E-state index < -0.39 is 0 Å². The number of fused-ring (bicyclic) bond motifs is 1. The molecular formula is C9H13N3. The fourth-order valence-corrected chi connectivity index (χ4v) is 1.55. The largest absolute Gasteiger partial charge is 0.397 e. The predicted molar refractivity (Wildman–Crippen MR) is 52.1 cm³/mol. The van der Waals surface area contributed by atoms with Crippen LogP contribution in [0.3, 0.4) is 0 Å². The molecule has 0 bridgehead atoms. The van der Waals surface area contributed by atoms with Gasteiger partial charge in [0.25, 0.3) is 0 Å². The first-order chi connectivity index (χ1) is 5.77. The number of hydrogen-bond donors (Lipinski definition) is 3. The van der Waals surface area contributed by atoms with Gasteiger partial charge in [-0.1, -0.05) is 0 Å². The molecule has 0 unspecified atom stereocenters. The summed E-state index contributed by atoms with van der Waals surface area (Å²) in [7, 11) is 0. The Kier molecular flexibility index (Phi) is 1.57. The molecule has 64 valence electrons. The Bertz CT molecular complexity index is 276. The van der Waals surface area contributed by atoms with E-state index in [4.69, 9.17) is 11.5 Å². The number of aryl methyl sites for hydroxylation is 1. The van der Waals surface area contributed by atoms with Gasteiger partial charge in [-0.2, -0.15) is 0 Å². The summed E-state index contributed by atoms with van der Waals surface area (Å²) in [6.07, 6.45) is 2.28. The molecule has 0 saturated carbocycles. The molecule has 1 aliphatic heterocycles. The van der Waals surface area contributed by atoms with Crippen LogP contribution in [-0.2, 0) is 6.42 Å². The average molecular weight is 163 g/mol. The number of benzene rings is 1. The minimum absolute atomic E-state index is 0.670. The second-order valence-electron chi connectivity index (χ2n) is 3.17. The molecule has 0 aromatic heterocycles. The molecule has 0 radical (unpaired) electrons. The van der Waals surface area contributed by atoms with E-state index in [-0.39, 0.29) is 0 Å². The van der Waals surface area contributed by atoms with Crippen molar-refractivity contribution >= 4 is 17.1 Å². The van der Waals surface area contributed by atoms with Crippen LogP contribution in [-0.4, -0.2) is 6.54 Å². The Morgan fingerprint density at radius 3 is 2.75 bits per heavy atom. The van der Waals surface area contributed by atoms with Crippen molar-refractivity contribution in [3.05, 3.63) is 17.7 Å². The highest BCUT2D eigenvalue weighted by Crippen LogP contribution is 2.28. The average Bonchev–Trinajstić information content (AvgIpc) is 2.07. The number of hydrogen-bond acceptors (Lipinski definition) is 3. The van der Waals surface area contributed by atoms with Crippen LogP contribution in [0.4, 0.5) is 17.1 Å². The lowest BCUT2D eigenvalue weighted by Crippen LogP contribution is -2.12.